The molecule has 4 rings (SSSR count). The Labute approximate surface area is 147 Å². The van der Waals surface area contributed by atoms with Crippen LogP contribution in [0.25, 0.3) is 11.0 Å². The van der Waals surface area contributed by atoms with Crippen LogP contribution in [-0.2, 0) is 6.54 Å². The van der Waals surface area contributed by atoms with Crippen LogP contribution in [0, 0.1) is 0 Å². The summed E-state index contributed by atoms with van der Waals surface area (Å²) in [5.74, 6) is 0.570. The summed E-state index contributed by atoms with van der Waals surface area (Å²) in [5, 5.41) is 5.62. The molecule has 1 aliphatic carbocycles. The molecule has 0 aliphatic heterocycles. The Bertz CT molecular complexity index is 812. The first-order valence-corrected chi connectivity index (χ1v) is 9.07. The van der Waals surface area contributed by atoms with Gasteiger partial charge in [-0.25, -0.2) is 4.98 Å². The summed E-state index contributed by atoms with van der Waals surface area (Å²) in [6.45, 7) is 0.944. The monoisotopic (exact) mass is 339 g/mol. The summed E-state index contributed by atoms with van der Waals surface area (Å²) in [6, 6.07) is 13.2. The van der Waals surface area contributed by atoms with Gasteiger partial charge in [0, 0.05) is 30.4 Å². The predicted molar refractivity (Wildman–Crippen MR) is 99.4 cm³/mol. The number of benzene rings is 1. The maximum atomic E-state index is 6.14. The zero-order chi connectivity index (χ0) is 16.4. The number of hydrogen-bond donors (Lipinski definition) is 2. The maximum Gasteiger partial charge on any atom is 0.137 e. The SMILES string of the molecule is Clc1cnc2[nH]cc(C3CCCC(NCc4ccccc4)C3)c2c1. The third-order valence-corrected chi connectivity index (χ3v) is 5.29. The number of H-pyrrole nitrogens is 1. The van der Waals surface area contributed by atoms with E-state index < -0.39 is 0 Å². The van der Waals surface area contributed by atoms with Gasteiger partial charge in [-0.1, -0.05) is 48.4 Å². The van der Waals surface area contributed by atoms with Gasteiger partial charge in [-0.15, -0.1) is 0 Å². The van der Waals surface area contributed by atoms with Crippen molar-refractivity contribution < 1.29 is 0 Å². The van der Waals surface area contributed by atoms with Crippen LogP contribution < -0.4 is 5.32 Å². The minimum Gasteiger partial charge on any atom is -0.346 e. The summed E-state index contributed by atoms with van der Waals surface area (Å²) < 4.78 is 0. The quantitative estimate of drug-likeness (QED) is 0.699. The van der Waals surface area contributed by atoms with Crippen molar-refractivity contribution in [3.8, 4) is 0 Å². The van der Waals surface area contributed by atoms with Gasteiger partial charge in [0.05, 0.1) is 5.02 Å². The highest BCUT2D eigenvalue weighted by Gasteiger charge is 2.25. The molecule has 2 unspecified atom stereocenters. The molecular formula is C20H22ClN3. The van der Waals surface area contributed by atoms with E-state index in [1.165, 1.54) is 42.2 Å². The largest absolute Gasteiger partial charge is 0.346 e. The summed E-state index contributed by atoms with van der Waals surface area (Å²) in [7, 11) is 0. The summed E-state index contributed by atoms with van der Waals surface area (Å²) >= 11 is 6.14. The van der Waals surface area contributed by atoms with E-state index in [9.17, 15) is 0 Å². The number of pyridine rings is 1. The topological polar surface area (TPSA) is 40.7 Å². The Morgan fingerprint density at radius 2 is 2.08 bits per heavy atom. The number of halogens is 1. The van der Waals surface area contributed by atoms with Gasteiger partial charge in [-0.2, -0.15) is 0 Å². The Morgan fingerprint density at radius 3 is 2.96 bits per heavy atom. The molecule has 0 saturated heterocycles. The lowest BCUT2D eigenvalue weighted by molar-refractivity contribution is 0.339. The van der Waals surface area contributed by atoms with Crippen molar-refractivity contribution in [1.29, 1.82) is 0 Å². The molecule has 1 saturated carbocycles. The van der Waals surface area contributed by atoms with Gasteiger partial charge in [0.1, 0.15) is 5.65 Å². The molecule has 1 aliphatic rings. The fourth-order valence-electron chi connectivity index (χ4n) is 3.85. The molecule has 1 aromatic carbocycles. The average Bonchev–Trinajstić information content (AvgIpc) is 3.04. The maximum absolute atomic E-state index is 6.14. The van der Waals surface area contributed by atoms with E-state index in [0.717, 1.165) is 12.2 Å². The van der Waals surface area contributed by atoms with E-state index in [1.54, 1.807) is 6.20 Å². The molecule has 124 valence electrons. The first-order valence-electron chi connectivity index (χ1n) is 8.69. The third kappa shape index (κ3) is 3.33. The van der Waals surface area contributed by atoms with Crippen LogP contribution in [0.4, 0.5) is 0 Å². The fraction of sp³-hybridized carbons (Fsp3) is 0.350. The lowest BCUT2D eigenvalue weighted by atomic mass is 9.81. The Morgan fingerprint density at radius 1 is 1.21 bits per heavy atom. The van der Waals surface area contributed by atoms with E-state index in [1.807, 2.05) is 6.07 Å². The van der Waals surface area contributed by atoms with Gasteiger partial charge in [0.2, 0.25) is 0 Å². The molecule has 2 heterocycles. The molecule has 0 spiro atoms. The van der Waals surface area contributed by atoms with Crippen LogP contribution in [0.2, 0.25) is 5.02 Å². The second-order valence-corrected chi connectivity index (χ2v) is 7.16. The molecule has 4 heteroatoms. The number of nitrogens with zero attached hydrogens (tertiary/aromatic N) is 1. The van der Waals surface area contributed by atoms with Gasteiger partial charge in [0.15, 0.2) is 0 Å². The van der Waals surface area contributed by atoms with Gasteiger partial charge in [-0.05, 0) is 42.4 Å². The van der Waals surface area contributed by atoms with Crippen LogP contribution in [0.3, 0.4) is 0 Å². The number of nitrogens with one attached hydrogen (secondary N) is 2. The molecule has 3 nitrogen and oxygen atoms in total. The minimum absolute atomic E-state index is 0.570. The van der Waals surface area contributed by atoms with Crippen molar-refractivity contribution in [2.75, 3.05) is 0 Å². The zero-order valence-corrected chi connectivity index (χ0v) is 14.4. The highest BCUT2D eigenvalue weighted by Crippen LogP contribution is 2.36. The van der Waals surface area contributed by atoms with Gasteiger partial charge >= 0.3 is 0 Å². The number of aromatic amines is 1. The first kappa shape index (κ1) is 15.7. The van der Waals surface area contributed by atoms with Crippen LogP contribution in [0.1, 0.15) is 42.7 Å². The predicted octanol–water partition coefficient (Wildman–Crippen LogP) is 5.03. The van der Waals surface area contributed by atoms with Crippen LogP contribution in [0.15, 0.2) is 48.8 Å². The number of fused-ring (bicyclic) bond motifs is 1. The smallest absolute Gasteiger partial charge is 0.137 e. The van der Waals surface area contributed by atoms with E-state index in [4.69, 9.17) is 11.6 Å². The van der Waals surface area contributed by atoms with E-state index in [-0.39, 0.29) is 0 Å². The molecule has 1 fully saturated rings. The van der Waals surface area contributed by atoms with Gasteiger partial charge in [0.25, 0.3) is 0 Å². The molecule has 2 aromatic heterocycles. The van der Waals surface area contributed by atoms with Crippen molar-refractivity contribution in [2.45, 2.75) is 44.2 Å². The van der Waals surface area contributed by atoms with Crippen molar-refractivity contribution in [2.24, 2.45) is 0 Å². The molecule has 2 atom stereocenters. The van der Waals surface area contributed by atoms with Crippen molar-refractivity contribution in [3.63, 3.8) is 0 Å². The highest BCUT2D eigenvalue weighted by atomic mass is 35.5. The summed E-state index contributed by atoms with van der Waals surface area (Å²) in [6.07, 6.45) is 8.76. The van der Waals surface area contributed by atoms with Gasteiger partial charge < -0.3 is 10.3 Å². The Hall–Kier alpha value is -1.84. The molecule has 3 aromatic rings. The second kappa shape index (κ2) is 6.96. The first-order chi connectivity index (χ1) is 11.8. The minimum atomic E-state index is 0.570. The fourth-order valence-corrected chi connectivity index (χ4v) is 4.01. The van der Waals surface area contributed by atoms with Crippen LogP contribution >= 0.6 is 11.6 Å². The average molecular weight is 340 g/mol. The second-order valence-electron chi connectivity index (χ2n) is 6.72. The van der Waals surface area contributed by atoms with Gasteiger partial charge in [-0.3, -0.25) is 0 Å². The molecule has 0 radical (unpaired) electrons. The number of rotatable bonds is 4. The molecule has 2 N–H and O–H groups in total. The molecule has 0 amide bonds. The molecular weight excluding hydrogens is 318 g/mol. The lowest BCUT2D eigenvalue weighted by Crippen LogP contribution is -2.33. The standard InChI is InChI=1S/C20H22ClN3/c21-16-10-18-19(13-24-20(18)23-12-16)15-7-4-8-17(9-15)22-11-14-5-2-1-3-6-14/h1-3,5-6,10,12-13,15,17,22H,4,7-9,11H2,(H,23,24). The van der Waals surface area contributed by atoms with Crippen molar-refractivity contribution in [3.05, 3.63) is 64.9 Å². The van der Waals surface area contributed by atoms with E-state index in [2.05, 4.69) is 51.8 Å². The normalized spacial score (nSPS) is 21.2. The van der Waals surface area contributed by atoms with E-state index in [0.29, 0.717) is 17.0 Å². The third-order valence-electron chi connectivity index (χ3n) is 5.08. The number of hydrogen-bond acceptors (Lipinski definition) is 2. The van der Waals surface area contributed by atoms with Crippen LogP contribution in [0.5, 0.6) is 0 Å². The molecule has 0 bridgehead atoms. The van der Waals surface area contributed by atoms with E-state index >= 15 is 0 Å². The van der Waals surface area contributed by atoms with Crippen LogP contribution in [-0.4, -0.2) is 16.0 Å². The van der Waals surface area contributed by atoms with Crippen molar-refractivity contribution >= 4 is 22.6 Å². The lowest BCUT2D eigenvalue weighted by Gasteiger charge is -2.30. The summed E-state index contributed by atoms with van der Waals surface area (Å²) in [4.78, 5) is 7.68. The Kier molecular flexibility index (Phi) is 4.54. The molecule has 24 heavy (non-hydrogen) atoms. The highest BCUT2D eigenvalue weighted by molar-refractivity contribution is 6.31. The van der Waals surface area contributed by atoms with Crippen molar-refractivity contribution in [1.82, 2.24) is 15.3 Å². The Balaban J connectivity index is 1.47. The zero-order valence-electron chi connectivity index (χ0n) is 13.6. The summed E-state index contributed by atoms with van der Waals surface area (Å²) in [5.41, 5.74) is 3.66. The number of aromatic nitrogens is 2.